The van der Waals surface area contributed by atoms with Crippen LogP contribution in [0.1, 0.15) is 33.1 Å². The van der Waals surface area contributed by atoms with Crippen molar-refractivity contribution in [2.45, 2.75) is 33.1 Å². The normalized spacial score (nSPS) is 24.3. The van der Waals surface area contributed by atoms with Crippen LogP contribution in [0.4, 0.5) is 0 Å². The van der Waals surface area contributed by atoms with Gasteiger partial charge in [-0.15, -0.1) is 0 Å². The average molecular weight is 248 g/mol. The summed E-state index contributed by atoms with van der Waals surface area (Å²) >= 11 is 0. The molecule has 0 aromatic rings. The van der Waals surface area contributed by atoms with E-state index in [9.17, 15) is 13.2 Å². The SMILES string of the molecule is CC1(C)CCCC1C(=O)NCCS(N)(=O)=O. The van der Waals surface area contributed by atoms with Crippen LogP contribution < -0.4 is 10.5 Å². The Morgan fingerprint density at radius 1 is 1.50 bits per heavy atom. The number of sulfonamides is 1. The first-order chi connectivity index (χ1) is 7.22. The molecule has 16 heavy (non-hydrogen) atoms. The number of hydrogen-bond acceptors (Lipinski definition) is 3. The molecule has 1 aliphatic rings. The zero-order valence-corrected chi connectivity index (χ0v) is 10.6. The Balaban J connectivity index is 2.42. The molecule has 3 N–H and O–H groups in total. The molecule has 1 unspecified atom stereocenters. The van der Waals surface area contributed by atoms with Crippen molar-refractivity contribution >= 4 is 15.9 Å². The smallest absolute Gasteiger partial charge is 0.223 e. The molecule has 1 rings (SSSR count). The van der Waals surface area contributed by atoms with Crippen LogP contribution in [0, 0.1) is 11.3 Å². The summed E-state index contributed by atoms with van der Waals surface area (Å²) in [5.74, 6) is -0.259. The molecule has 1 amide bonds. The van der Waals surface area contributed by atoms with Gasteiger partial charge in [0.05, 0.1) is 5.75 Å². The number of hydrogen-bond donors (Lipinski definition) is 2. The lowest BCUT2D eigenvalue weighted by atomic mass is 9.81. The Morgan fingerprint density at radius 3 is 2.56 bits per heavy atom. The predicted molar refractivity (Wildman–Crippen MR) is 62.1 cm³/mol. The third-order valence-electron chi connectivity index (χ3n) is 3.26. The topological polar surface area (TPSA) is 89.3 Å². The third-order valence-corrected chi connectivity index (χ3v) is 4.03. The maximum absolute atomic E-state index is 11.8. The molecular formula is C10H20N2O3S. The molecule has 0 saturated heterocycles. The first-order valence-electron chi connectivity index (χ1n) is 5.50. The Kier molecular flexibility index (Phi) is 3.96. The predicted octanol–water partition coefficient (Wildman–Crippen LogP) is 0.217. The zero-order valence-electron chi connectivity index (χ0n) is 9.82. The third kappa shape index (κ3) is 3.75. The number of primary sulfonamides is 1. The molecule has 0 heterocycles. The monoisotopic (exact) mass is 248 g/mol. The summed E-state index contributed by atoms with van der Waals surface area (Å²) in [6.07, 6.45) is 2.98. The highest BCUT2D eigenvalue weighted by Crippen LogP contribution is 2.42. The van der Waals surface area contributed by atoms with E-state index < -0.39 is 10.0 Å². The molecule has 5 nitrogen and oxygen atoms in total. The number of nitrogens with two attached hydrogens (primary N) is 1. The van der Waals surface area contributed by atoms with Crippen LogP contribution in [0.25, 0.3) is 0 Å². The molecule has 0 aromatic heterocycles. The lowest BCUT2D eigenvalue weighted by molar-refractivity contribution is -0.127. The van der Waals surface area contributed by atoms with E-state index in [4.69, 9.17) is 5.14 Å². The molecule has 0 spiro atoms. The number of amides is 1. The summed E-state index contributed by atoms with van der Waals surface area (Å²) in [6.45, 7) is 4.25. The number of rotatable bonds is 4. The number of nitrogens with one attached hydrogen (secondary N) is 1. The highest BCUT2D eigenvalue weighted by atomic mass is 32.2. The van der Waals surface area contributed by atoms with Crippen molar-refractivity contribution in [1.29, 1.82) is 0 Å². The summed E-state index contributed by atoms with van der Waals surface area (Å²) in [5.41, 5.74) is 0.0195. The van der Waals surface area contributed by atoms with Crippen LogP contribution in [0.3, 0.4) is 0 Å². The first-order valence-corrected chi connectivity index (χ1v) is 7.22. The summed E-state index contributed by atoms with van der Waals surface area (Å²) < 4.78 is 21.4. The minimum atomic E-state index is -3.49. The van der Waals surface area contributed by atoms with Crippen LogP contribution in [-0.4, -0.2) is 26.6 Å². The summed E-state index contributed by atoms with van der Waals surface area (Å²) in [5, 5.41) is 7.49. The van der Waals surface area contributed by atoms with Gasteiger partial charge in [0.1, 0.15) is 0 Å². The van der Waals surface area contributed by atoms with Gasteiger partial charge in [-0.25, -0.2) is 13.6 Å². The molecule has 1 fully saturated rings. The van der Waals surface area contributed by atoms with Crippen molar-refractivity contribution in [1.82, 2.24) is 5.32 Å². The van der Waals surface area contributed by atoms with E-state index in [1.165, 1.54) is 0 Å². The maximum Gasteiger partial charge on any atom is 0.223 e. The summed E-state index contributed by atoms with van der Waals surface area (Å²) in [4.78, 5) is 11.8. The first kappa shape index (κ1) is 13.4. The van der Waals surface area contributed by atoms with Crippen LogP contribution in [0.5, 0.6) is 0 Å². The average Bonchev–Trinajstić information content (AvgIpc) is 2.42. The summed E-state index contributed by atoms with van der Waals surface area (Å²) in [7, 11) is -3.49. The maximum atomic E-state index is 11.8. The highest BCUT2D eigenvalue weighted by Gasteiger charge is 2.38. The van der Waals surface area contributed by atoms with Crippen molar-refractivity contribution in [3.8, 4) is 0 Å². The minimum absolute atomic E-state index is 0.00650. The molecule has 1 atom stereocenters. The Labute approximate surface area is 96.8 Å². The van der Waals surface area contributed by atoms with Gasteiger partial charge >= 0.3 is 0 Å². The Morgan fingerprint density at radius 2 is 2.12 bits per heavy atom. The fourth-order valence-corrected chi connectivity index (χ4v) is 2.64. The van der Waals surface area contributed by atoms with Crippen molar-refractivity contribution in [3.05, 3.63) is 0 Å². The van der Waals surface area contributed by atoms with Crippen LogP contribution >= 0.6 is 0 Å². The molecule has 6 heteroatoms. The van der Waals surface area contributed by atoms with E-state index in [1.807, 2.05) is 0 Å². The van der Waals surface area contributed by atoms with Gasteiger partial charge in [0, 0.05) is 12.5 Å². The summed E-state index contributed by atoms with van der Waals surface area (Å²) in [6, 6.07) is 0. The molecule has 0 radical (unpaired) electrons. The molecule has 1 aliphatic carbocycles. The van der Waals surface area contributed by atoms with Crippen molar-refractivity contribution in [3.63, 3.8) is 0 Å². The molecular weight excluding hydrogens is 228 g/mol. The van der Waals surface area contributed by atoms with E-state index in [2.05, 4.69) is 19.2 Å². The fraction of sp³-hybridized carbons (Fsp3) is 0.900. The van der Waals surface area contributed by atoms with Gasteiger partial charge in [0.15, 0.2) is 0 Å². The molecule has 1 saturated carbocycles. The van der Waals surface area contributed by atoms with E-state index >= 15 is 0 Å². The van der Waals surface area contributed by atoms with Gasteiger partial charge in [-0.05, 0) is 18.3 Å². The second-order valence-electron chi connectivity index (χ2n) is 5.09. The van der Waals surface area contributed by atoms with Gasteiger partial charge in [-0.2, -0.15) is 0 Å². The zero-order chi connectivity index (χ0) is 12.4. The molecule has 0 aliphatic heterocycles. The van der Waals surface area contributed by atoms with Crippen LogP contribution in [0.2, 0.25) is 0 Å². The van der Waals surface area contributed by atoms with E-state index in [0.29, 0.717) is 0 Å². The quantitative estimate of drug-likeness (QED) is 0.745. The Bertz CT molecular complexity index is 362. The van der Waals surface area contributed by atoms with Gasteiger partial charge in [0.25, 0.3) is 0 Å². The van der Waals surface area contributed by atoms with Gasteiger partial charge in [-0.3, -0.25) is 4.79 Å². The molecule has 0 bridgehead atoms. The second-order valence-corrected chi connectivity index (χ2v) is 6.83. The standard InChI is InChI=1S/C10H20N2O3S/c1-10(2)5-3-4-8(10)9(13)12-6-7-16(11,14)15/h8H,3-7H2,1-2H3,(H,12,13)(H2,11,14,15). The van der Waals surface area contributed by atoms with E-state index in [1.54, 1.807) is 0 Å². The molecule has 0 aromatic carbocycles. The van der Waals surface area contributed by atoms with Crippen molar-refractivity contribution < 1.29 is 13.2 Å². The largest absolute Gasteiger partial charge is 0.355 e. The van der Waals surface area contributed by atoms with Gasteiger partial charge in [0.2, 0.25) is 15.9 Å². The number of carbonyl (C=O) groups excluding carboxylic acids is 1. The van der Waals surface area contributed by atoms with Crippen molar-refractivity contribution in [2.24, 2.45) is 16.5 Å². The molecule has 94 valence electrons. The lowest BCUT2D eigenvalue weighted by Gasteiger charge is -2.25. The van der Waals surface area contributed by atoms with Gasteiger partial charge in [-0.1, -0.05) is 20.3 Å². The lowest BCUT2D eigenvalue weighted by Crippen LogP contribution is -2.39. The fourth-order valence-electron chi connectivity index (χ4n) is 2.25. The minimum Gasteiger partial charge on any atom is -0.355 e. The van der Waals surface area contributed by atoms with Crippen LogP contribution in [-0.2, 0) is 14.8 Å². The van der Waals surface area contributed by atoms with E-state index in [0.717, 1.165) is 19.3 Å². The van der Waals surface area contributed by atoms with Crippen LogP contribution in [0.15, 0.2) is 0 Å². The van der Waals surface area contributed by atoms with Gasteiger partial charge < -0.3 is 5.32 Å². The highest BCUT2D eigenvalue weighted by molar-refractivity contribution is 7.89. The Hall–Kier alpha value is -0.620. The second kappa shape index (κ2) is 4.71. The number of carbonyl (C=O) groups is 1. The van der Waals surface area contributed by atoms with Crippen molar-refractivity contribution in [2.75, 3.05) is 12.3 Å². The van der Waals surface area contributed by atoms with E-state index in [-0.39, 0.29) is 29.5 Å².